The largest absolute Gasteiger partial charge is 0.497 e. The minimum atomic E-state index is -0.587. The van der Waals surface area contributed by atoms with Crippen molar-refractivity contribution in [1.82, 2.24) is 5.32 Å². The summed E-state index contributed by atoms with van der Waals surface area (Å²) in [6.45, 7) is 0.536. The fourth-order valence-corrected chi connectivity index (χ4v) is 3.37. The average Bonchev–Trinajstić information content (AvgIpc) is 2.97. The van der Waals surface area contributed by atoms with Crippen molar-refractivity contribution in [3.63, 3.8) is 0 Å². The van der Waals surface area contributed by atoms with Crippen molar-refractivity contribution in [1.29, 1.82) is 0 Å². The highest BCUT2D eigenvalue weighted by molar-refractivity contribution is 7.99. The van der Waals surface area contributed by atoms with Crippen molar-refractivity contribution in [2.24, 2.45) is 0 Å². The van der Waals surface area contributed by atoms with E-state index in [0.717, 1.165) is 17.1 Å². The van der Waals surface area contributed by atoms with Gasteiger partial charge in [-0.25, -0.2) is 0 Å². The summed E-state index contributed by atoms with van der Waals surface area (Å²) in [5.74, 6) is 3.75. The van der Waals surface area contributed by atoms with Crippen LogP contribution < -0.4 is 14.8 Å². The zero-order valence-corrected chi connectivity index (χ0v) is 12.2. The lowest BCUT2D eigenvalue weighted by Gasteiger charge is -2.18. The van der Waals surface area contributed by atoms with Gasteiger partial charge in [-0.15, -0.1) is 0 Å². The molecule has 1 heterocycles. The molecule has 2 N–H and O–H groups in total. The van der Waals surface area contributed by atoms with Crippen molar-refractivity contribution in [2.45, 2.75) is 18.6 Å². The summed E-state index contributed by atoms with van der Waals surface area (Å²) in [5, 5.41) is 13.7. The lowest BCUT2D eigenvalue weighted by Crippen LogP contribution is -2.32. The summed E-state index contributed by atoms with van der Waals surface area (Å²) in [6, 6.07) is 5.99. The quantitative estimate of drug-likeness (QED) is 0.834. The summed E-state index contributed by atoms with van der Waals surface area (Å²) in [6.07, 6.45) is 0.586. The van der Waals surface area contributed by atoms with Crippen LogP contribution in [-0.4, -0.2) is 43.4 Å². The van der Waals surface area contributed by atoms with Crippen LogP contribution >= 0.6 is 11.8 Å². The van der Waals surface area contributed by atoms with Crippen LogP contribution in [0.4, 0.5) is 0 Å². The molecule has 0 bridgehead atoms. The summed E-state index contributed by atoms with van der Waals surface area (Å²) in [7, 11) is 3.23. The van der Waals surface area contributed by atoms with E-state index in [0.29, 0.717) is 18.3 Å². The Labute approximate surface area is 118 Å². The molecular weight excluding hydrogens is 262 g/mol. The molecule has 0 amide bonds. The highest BCUT2D eigenvalue weighted by Crippen LogP contribution is 2.29. The van der Waals surface area contributed by atoms with Crippen molar-refractivity contribution in [2.75, 3.05) is 32.3 Å². The Morgan fingerprint density at radius 1 is 1.42 bits per heavy atom. The minimum Gasteiger partial charge on any atom is -0.497 e. The first kappa shape index (κ1) is 14.5. The number of aliphatic hydroxyl groups is 1. The average molecular weight is 283 g/mol. The molecule has 0 radical (unpaired) electrons. The van der Waals surface area contributed by atoms with Crippen LogP contribution in [-0.2, 0) is 0 Å². The second kappa shape index (κ2) is 7.03. The second-order valence-corrected chi connectivity index (χ2v) is 5.74. The topological polar surface area (TPSA) is 50.7 Å². The van der Waals surface area contributed by atoms with E-state index in [1.54, 1.807) is 14.2 Å². The van der Waals surface area contributed by atoms with Gasteiger partial charge in [0, 0.05) is 23.9 Å². The van der Waals surface area contributed by atoms with E-state index < -0.39 is 6.10 Å². The number of ether oxygens (including phenoxy) is 2. The van der Waals surface area contributed by atoms with Crippen molar-refractivity contribution >= 4 is 11.8 Å². The molecule has 19 heavy (non-hydrogen) atoms. The predicted octanol–water partition coefficient (Wildman–Crippen LogP) is 1.83. The lowest BCUT2D eigenvalue weighted by molar-refractivity contribution is 0.166. The molecular formula is C14H21NO3S. The minimum absolute atomic E-state index is 0.510. The Balaban J connectivity index is 2.01. The van der Waals surface area contributed by atoms with Gasteiger partial charge in [0.25, 0.3) is 0 Å². The maximum Gasteiger partial charge on any atom is 0.124 e. The standard InChI is InChI=1S/C14H21NO3S/c1-17-11-3-4-14(18-2)12(7-11)13(16)8-15-10-5-6-19-9-10/h3-4,7,10,13,15-16H,5-6,8-9H2,1-2H3. The number of aliphatic hydroxyl groups excluding tert-OH is 1. The number of hydrogen-bond acceptors (Lipinski definition) is 5. The SMILES string of the molecule is COc1ccc(OC)c(C(O)CNC2CCSC2)c1. The first-order valence-electron chi connectivity index (χ1n) is 6.45. The smallest absolute Gasteiger partial charge is 0.124 e. The van der Waals surface area contributed by atoms with E-state index in [1.807, 2.05) is 30.0 Å². The van der Waals surface area contributed by atoms with Gasteiger partial charge in [-0.3, -0.25) is 0 Å². The Morgan fingerprint density at radius 2 is 2.26 bits per heavy atom. The second-order valence-electron chi connectivity index (χ2n) is 4.59. The molecule has 106 valence electrons. The van der Waals surface area contributed by atoms with Crippen LogP contribution in [0.15, 0.2) is 18.2 Å². The molecule has 1 saturated heterocycles. The molecule has 0 aliphatic carbocycles. The molecule has 1 aliphatic rings. The first-order chi connectivity index (χ1) is 9.24. The van der Waals surface area contributed by atoms with Crippen LogP contribution in [0.25, 0.3) is 0 Å². The van der Waals surface area contributed by atoms with Gasteiger partial charge in [0.1, 0.15) is 11.5 Å². The van der Waals surface area contributed by atoms with E-state index in [1.165, 1.54) is 12.2 Å². The molecule has 1 aromatic carbocycles. The van der Waals surface area contributed by atoms with Crippen molar-refractivity contribution < 1.29 is 14.6 Å². The molecule has 0 aromatic heterocycles. The van der Waals surface area contributed by atoms with E-state index in [4.69, 9.17) is 9.47 Å². The number of methoxy groups -OCH3 is 2. The molecule has 0 saturated carbocycles. The van der Waals surface area contributed by atoms with Gasteiger partial charge < -0.3 is 19.9 Å². The van der Waals surface area contributed by atoms with Gasteiger partial charge in [-0.2, -0.15) is 11.8 Å². The Bertz CT molecular complexity index is 408. The third kappa shape index (κ3) is 3.78. The first-order valence-corrected chi connectivity index (χ1v) is 7.61. The number of rotatable bonds is 6. The van der Waals surface area contributed by atoms with Crippen LogP contribution in [0, 0.1) is 0 Å². The van der Waals surface area contributed by atoms with Crippen LogP contribution in [0.5, 0.6) is 11.5 Å². The molecule has 1 aliphatic heterocycles. The van der Waals surface area contributed by atoms with Gasteiger partial charge in [0.05, 0.1) is 20.3 Å². The third-order valence-corrected chi connectivity index (χ3v) is 4.49. The van der Waals surface area contributed by atoms with E-state index in [9.17, 15) is 5.11 Å². The Morgan fingerprint density at radius 3 is 2.89 bits per heavy atom. The fourth-order valence-electron chi connectivity index (χ4n) is 2.18. The number of benzene rings is 1. The zero-order valence-electron chi connectivity index (χ0n) is 11.4. The van der Waals surface area contributed by atoms with Crippen LogP contribution in [0.3, 0.4) is 0 Å². The molecule has 1 fully saturated rings. The predicted molar refractivity (Wildman–Crippen MR) is 78.2 cm³/mol. The normalized spacial score (nSPS) is 20.3. The Hall–Kier alpha value is -0.910. The van der Waals surface area contributed by atoms with E-state index >= 15 is 0 Å². The van der Waals surface area contributed by atoms with E-state index in [2.05, 4.69) is 5.32 Å². The maximum atomic E-state index is 10.3. The van der Waals surface area contributed by atoms with Crippen LogP contribution in [0.2, 0.25) is 0 Å². The zero-order chi connectivity index (χ0) is 13.7. The molecule has 2 unspecified atom stereocenters. The molecule has 0 spiro atoms. The van der Waals surface area contributed by atoms with E-state index in [-0.39, 0.29) is 0 Å². The number of hydrogen-bond donors (Lipinski definition) is 2. The Kier molecular flexibility index (Phi) is 5.36. The third-order valence-electron chi connectivity index (χ3n) is 3.33. The highest BCUT2D eigenvalue weighted by Gasteiger charge is 2.19. The maximum absolute atomic E-state index is 10.3. The summed E-state index contributed by atoms with van der Waals surface area (Å²) >= 11 is 1.95. The number of nitrogens with one attached hydrogen (secondary N) is 1. The van der Waals surface area contributed by atoms with Gasteiger partial charge in [0.15, 0.2) is 0 Å². The fraction of sp³-hybridized carbons (Fsp3) is 0.571. The van der Waals surface area contributed by atoms with Gasteiger partial charge in [-0.05, 0) is 30.4 Å². The van der Waals surface area contributed by atoms with Crippen LogP contribution in [0.1, 0.15) is 18.1 Å². The monoisotopic (exact) mass is 283 g/mol. The highest BCUT2D eigenvalue weighted by atomic mass is 32.2. The van der Waals surface area contributed by atoms with Gasteiger partial charge in [-0.1, -0.05) is 0 Å². The van der Waals surface area contributed by atoms with Crippen molar-refractivity contribution in [3.05, 3.63) is 23.8 Å². The summed E-state index contributed by atoms with van der Waals surface area (Å²) in [4.78, 5) is 0. The summed E-state index contributed by atoms with van der Waals surface area (Å²) < 4.78 is 10.5. The van der Waals surface area contributed by atoms with Gasteiger partial charge >= 0.3 is 0 Å². The molecule has 4 nitrogen and oxygen atoms in total. The molecule has 2 rings (SSSR count). The molecule has 1 aromatic rings. The molecule has 2 atom stereocenters. The lowest BCUT2D eigenvalue weighted by atomic mass is 10.1. The number of thioether (sulfide) groups is 1. The summed E-state index contributed by atoms with van der Waals surface area (Å²) in [5.41, 5.74) is 0.764. The molecule has 5 heteroatoms. The van der Waals surface area contributed by atoms with Crippen molar-refractivity contribution in [3.8, 4) is 11.5 Å². The van der Waals surface area contributed by atoms with Gasteiger partial charge in [0.2, 0.25) is 0 Å².